The summed E-state index contributed by atoms with van der Waals surface area (Å²) in [6.07, 6.45) is -2.97. The van der Waals surface area contributed by atoms with Crippen LogP contribution in [0.4, 0.5) is 18.9 Å². The van der Waals surface area contributed by atoms with Gasteiger partial charge < -0.3 is 10.2 Å². The van der Waals surface area contributed by atoms with Gasteiger partial charge in [0.1, 0.15) is 0 Å². The van der Waals surface area contributed by atoms with E-state index < -0.39 is 11.7 Å². The lowest BCUT2D eigenvalue weighted by Gasteiger charge is -2.25. The van der Waals surface area contributed by atoms with Crippen molar-refractivity contribution in [2.24, 2.45) is 0 Å². The van der Waals surface area contributed by atoms with Gasteiger partial charge in [0.25, 0.3) is 0 Å². The summed E-state index contributed by atoms with van der Waals surface area (Å²) < 4.78 is 39.0. The maximum Gasteiger partial charge on any atom is 0.416 e. The van der Waals surface area contributed by atoms with Crippen molar-refractivity contribution in [3.8, 4) is 0 Å². The average Bonchev–Trinajstić information content (AvgIpc) is 2.65. The van der Waals surface area contributed by atoms with Crippen LogP contribution in [0, 0.1) is 0 Å². The fourth-order valence-corrected chi connectivity index (χ4v) is 2.72. The summed E-state index contributed by atoms with van der Waals surface area (Å²) in [7, 11) is 3.74. The number of benzene rings is 1. The van der Waals surface area contributed by atoms with Gasteiger partial charge >= 0.3 is 6.18 Å². The number of halogens is 3. The number of hydrogen-bond acceptors (Lipinski definition) is 2. The quantitative estimate of drug-likeness (QED) is 0.909. The van der Waals surface area contributed by atoms with E-state index in [9.17, 15) is 13.2 Å². The smallest absolute Gasteiger partial charge is 0.371 e. The number of anilines is 1. The Kier molecular flexibility index (Phi) is 3.76. The molecule has 19 heavy (non-hydrogen) atoms. The highest BCUT2D eigenvalue weighted by molar-refractivity contribution is 5.62. The summed E-state index contributed by atoms with van der Waals surface area (Å²) in [5, 5.41) is 3.14. The molecule has 1 heterocycles. The van der Waals surface area contributed by atoms with Crippen LogP contribution in [0.5, 0.6) is 0 Å². The highest BCUT2D eigenvalue weighted by atomic mass is 19.4. The second kappa shape index (κ2) is 5.04. The third kappa shape index (κ3) is 2.71. The Morgan fingerprint density at radius 3 is 2.68 bits per heavy atom. The zero-order chi connectivity index (χ0) is 14.2. The van der Waals surface area contributed by atoms with Crippen molar-refractivity contribution in [2.45, 2.75) is 38.0 Å². The van der Waals surface area contributed by atoms with Gasteiger partial charge in [-0.05, 0) is 44.5 Å². The van der Waals surface area contributed by atoms with Crippen LogP contribution in [-0.2, 0) is 12.6 Å². The first-order valence-corrected chi connectivity index (χ1v) is 6.43. The highest BCUT2D eigenvalue weighted by Gasteiger charge is 2.38. The first-order chi connectivity index (χ1) is 8.84. The normalized spacial score (nSPS) is 20.5. The number of hydrogen-bond donors (Lipinski definition) is 1. The van der Waals surface area contributed by atoms with Crippen LogP contribution in [0.3, 0.4) is 0 Å². The fraction of sp³-hybridized carbons (Fsp3) is 0.571. The van der Waals surface area contributed by atoms with E-state index in [4.69, 9.17) is 0 Å². The molecule has 1 aromatic carbocycles. The summed E-state index contributed by atoms with van der Waals surface area (Å²) in [6, 6.07) is 4.85. The summed E-state index contributed by atoms with van der Waals surface area (Å²) >= 11 is 0. The number of rotatable bonds is 3. The average molecular weight is 272 g/mol. The van der Waals surface area contributed by atoms with Crippen molar-refractivity contribution >= 4 is 5.69 Å². The maximum atomic E-state index is 13.0. The highest BCUT2D eigenvalue weighted by Crippen LogP contribution is 2.41. The molecule has 0 spiro atoms. The van der Waals surface area contributed by atoms with E-state index in [1.807, 2.05) is 25.9 Å². The van der Waals surface area contributed by atoms with E-state index in [1.54, 1.807) is 6.07 Å². The molecular formula is C14H19F3N2. The van der Waals surface area contributed by atoms with Crippen LogP contribution in [0.1, 0.15) is 24.5 Å². The van der Waals surface area contributed by atoms with Crippen LogP contribution in [0.2, 0.25) is 0 Å². The zero-order valence-corrected chi connectivity index (χ0v) is 11.4. The van der Waals surface area contributed by atoms with Crippen LogP contribution in [0.25, 0.3) is 0 Å². The van der Waals surface area contributed by atoms with E-state index in [0.717, 1.165) is 6.42 Å². The van der Waals surface area contributed by atoms with Crippen molar-refractivity contribution < 1.29 is 13.2 Å². The van der Waals surface area contributed by atoms with Crippen LogP contribution >= 0.6 is 0 Å². The molecule has 1 aliphatic rings. The molecule has 0 radical (unpaired) electrons. The molecule has 2 atom stereocenters. The first kappa shape index (κ1) is 14.2. The fourth-order valence-electron chi connectivity index (χ4n) is 2.72. The third-order valence-electron chi connectivity index (χ3n) is 3.94. The lowest BCUT2D eigenvalue weighted by molar-refractivity contribution is -0.138. The number of nitrogens with one attached hydrogen (secondary N) is 1. The predicted molar refractivity (Wildman–Crippen MR) is 70.5 cm³/mol. The summed E-state index contributed by atoms with van der Waals surface area (Å²) in [6.45, 7) is 2.04. The monoisotopic (exact) mass is 272 g/mol. The Morgan fingerprint density at radius 2 is 2.11 bits per heavy atom. The van der Waals surface area contributed by atoms with Crippen molar-refractivity contribution in [3.05, 3.63) is 29.3 Å². The van der Waals surface area contributed by atoms with Crippen molar-refractivity contribution in [1.82, 2.24) is 5.32 Å². The second-order valence-corrected chi connectivity index (χ2v) is 5.20. The summed E-state index contributed by atoms with van der Waals surface area (Å²) in [5.41, 5.74) is 0.658. The Morgan fingerprint density at radius 1 is 1.42 bits per heavy atom. The standard InChI is InChI=1S/C14H19F3N2/c1-9(18-2)7-10-8-11-12(14(15,16)17)5-4-6-13(11)19(10)3/h4-6,9-10,18H,7-8H2,1-3H3. The molecule has 0 amide bonds. The maximum absolute atomic E-state index is 13.0. The van der Waals surface area contributed by atoms with Gasteiger partial charge in [0, 0.05) is 24.8 Å². The minimum Gasteiger partial charge on any atom is -0.371 e. The molecule has 0 aliphatic carbocycles. The molecule has 0 aromatic heterocycles. The van der Waals surface area contributed by atoms with E-state index in [-0.39, 0.29) is 12.1 Å². The number of alkyl halides is 3. The van der Waals surface area contributed by atoms with Gasteiger partial charge in [-0.3, -0.25) is 0 Å². The molecule has 106 valence electrons. The molecule has 0 bridgehead atoms. The number of nitrogens with zero attached hydrogens (tertiary/aromatic N) is 1. The summed E-state index contributed by atoms with van der Waals surface area (Å²) in [5.74, 6) is 0. The minimum atomic E-state index is -4.27. The van der Waals surface area contributed by atoms with E-state index in [1.165, 1.54) is 12.1 Å². The lowest BCUT2D eigenvalue weighted by atomic mass is 10.00. The molecule has 1 aromatic rings. The molecular weight excluding hydrogens is 253 g/mol. The van der Waals surface area contributed by atoms with Crippen molar-refractivity contribution in [2.75, 3.05) is 19.0 Å². The van der Waals surface area contributed by atoms with Gasteiger partial charge in [0.05, 0.1) is 5.56 Å². The van der Waals surface area contributed by atoms with Crippen LogP contribution in [0.15, 0.2) is 18.2 Å². The largest absolute Gasteiger partial charge is 0.416 e. The van der Waals surface area contributed by atoms with E-state index in [0.29, 0.717) is 17.7 Å². The molecule has 0 fully saturated rings. The van der Waals surface area contributed by atoms with Crippen LogP contribution in [-0.4, -0.2) is 26.2 Å². The molecule has 2 unspecified atom stereocenters. The molecule has 0 saturated heterocycles. The second-order valence-electron chi connectivity index (χ2n) is 5.20. The Balaban J connectivity index is 2.30. The molecule has 2 rings (SSSR count). The van der Waals surface area contributed by atoms with Gasteiger partial charge in [0.2, 0.25) is 0 Å². The topological polar surface area (TPSA) is 15.3 Å². The molecule has 1 aliphatic heterocycles. The summed E-state index contributed by atoms with van der Waals surface area (Å²) in [4.78, 5) is 1.97. The lowest BCUT2D eigenvalue weighted by Crippen LogP contribution is -2.35. The first-order valence-electron chi connectivity index (χ1n) is 6.43. The zero-order valence-electron chi connectivity index (χ0n) is 11.4. The van der Waals surface area contributed by atoms with Gasteiger partial charge in [-0.25, -0.2) is 0 Å². The number of likely N-dealkylation sites (N-methyl/N-ethyl adjacent to an activating group) is 1. The Bertz CT molecular complexity index is 456. The number of fused-ring (bicyclic) bond motifs is 1. The van der Waals surface area contributed by atoms with E-state index >= 15 is 0 Å². The van der Waals surface area contributed by atoms with Crippen molar-refractivity contribution in [1.29, 1.82) is 0 Å². The molecule has 1 N–H and O–H groups in total. The molecule has 2 nitrogen and oxygen atoms in total. The Labute approximate surface area is 111 Å². The molecule has 0 saturated carbocycles. The Hall–Kier alpha value is -1.23. The SMILES string of the molecule is CNC(C)CC1Cc2c(cccc2C(F)(F)F)N1C. The van der Waals surface area contributed by atoms with Gasteiger partial charge in [0.15, 0.2) is 0 Å². The predicted octanol–water partition coefficient (Wildman–Crippen LogP) is 3.06. The van der Waals surface area contributed by atoms with Crippen LogP contribution < -0.4 is 10.2 Å². The minimum absolute atomic E-state index is 0.126. The van der Waals surface area contributed by atoms with Gasteiger partial charge in [-0.2, -0.15) is 13.2 Å². The molecule has 5 heteroatoms. The van der Waals surface area contributed by atoms with Crippen molar-refractivity contribution in [3.63, 3.8) is 0 Å². The van der Waals surface area contributed by atoms with E-state index in [2.05, 4.69) is 5.32 Å². The van der Waals surface area contributed by atoms with Gasteiger partial charge in [-0.15, -0.1) is 0 Å². The van der Waals surface area contributed by atoms with Gasteiger partial charge in [-0.1, -0.05) is 6.07 Å². The third-order valence-corrected chi connectivity index (χ3v) is 3.94.